The fourth-order valence-electron chi connectivity index (χ4n) is 2.21. The lowest BCUT2D eigenvalue weighted by atomic mass is 10.1. The Hall–Kier alpha value is -3.15. The van der Waals surface area contributed by atoms with Gasteiger partial charge in [0.2, 0.25) is 0 Å². The van der Waals surface area contributed by atoms with Gasteiger partial charge in [0.1, 0.15) is 5.75 Å². The third-order valence-corrected chi connectivity index (χ3v) is 3.48. The molecule has 0 saturated carbocycles. The summed E-state index contributed by atoms with van der Waals surface area (Å²) in [7, 11) is 1.60. The average Bonchev–Trinajstić information content (AvgIpc) is 2.95. The summed E-state index contributed by atoms with van der Waals surface area (Å²) in [5, 5.41) is 13.7. The van der Waals surface area contributed by atoms with E-state index in [0.29, 0.717) is 11.4 Å². The fourth-order valence-corrected chi connectivity index (χ4v) is 2.21. The summed E-state index contributed by atoms with van der Waals surface area (Å²) in [4.78, 5) is 12.0. The van der Waals surface area contributed by atoms with Gasteiger partial charge >= 0.3 is 0 Å². The Morgan fingerprint density at radius 3 is 2.61 bits per heavy atom. The second-order valence-corrected chi connectivity index (χ2v) is 5.02. The van der Waals surface area contributed by atoms with E-state index >= 15 is 0 Å². The van der Waals surface area contributed by atoms with E-state index in [2.05, 4.69) is 20.4 Å². The van der Waals surface area contributed by atoms with Crippen molar-refractivity contribution in [2.24, 2.45) is 10.2 Å². The summed E-state index contributed by atoms with van der Waals surface area (Å²) in [6, 6.07) is 15.0. The first kappa shape index (κ1) is 14.8. The van der Waals surface area contributed by atoms with Gasteiger partial charge in [-0.25, -0.2) is 0 Å². The molecule has 0 saturated heterocycles. The number of aromatic amines is 2. The van der Waals surface area contributed by atoms with Gasteiger partial charge in [0, 0.05) is 5.56 Å². The number of rotatable bonds is 4. The lowest BCUT2D eigenvalue weighted by Crippen LogP contribution is -1.96. The Balaban J connectivity index is 2.02. The molecule has 6 heteroatoms. The SMILES string of the molecule is COc1cccc(-c2[nH][nH]c(=O)c2N=Nc2ccccc2C)c1. The molecular weight excluding hydrogens is 292 g/mol. The van der Waals surface area contributed by atoms with Crippen LogP contribution < -0.4 is 10.3 Å². The molecule has 3 aromatic rings. The molecule has 1 heterocycles. The smallest absolute Gasteiger partial charge is 0.292 e. The molecule has 1 aromatic heterocycles. The van der Waals surface area contributed by atoms with Gasteiger partial charge in [-0.3, -0.25) is 15.0 Å². The Labute approximate surface area is 132 Å². The topological polar surface area (TPSA) is 82.6 Å². The van der Waals surface area contributed by atoms with Crippen LogP contribution in [0.4, 0.5) is 11.4 Å². The highest BCUT2D eigenvalue weighted by Gasteiger charge is 2.12. The number of azo groups is 1. The maximum Gasteiger partial charge on any atom is 0.292 e. The molecule has 0 spiro atoms. The summed E-state index contributed by atoms with van der Waals surface area (Å²) in [6.07, 6.45) is 0. The number of aryl methyl sites for hydroxylation is 1. The number of nitrogens with zero attached hydrogens (tertiary/aromatic N) is 2. The highest BCUT2D eigenvalue weighted by Crippen LogP contribution is 2.29. The van der Waals surface area contributed by atoms with Gasteiger partial charge in [0.25, 0.3) is 5.56 Å². The number of H-pyrrole nitrogens is 2. The van der Waals surface area contributed by atoms with Crippen molar-refractivity contribution in [2.45, 2.75) is 6.92 Å². The number of aromatic nitrogens is 2. The van der Waals surface area contributed by atoms with E-state index in [1.54, 1.807) is 7.11 Å². The van der Waals surface area contributed by atoms with Crippen LogP contribution in [0.5, 0.6) is 5.75 Å². The van der Waals surface area contributed by atoms with Crippen molar-refractivity contribution in [1.29, 1.82) is 0 Å². The Morgan fingerprint density at radius 1 is 1.00 bits per heavy atom. The number of hydrogen-bond acceptors (Lipinski definition) is 4. The minimum atomic E-state index is -0.319. The van der Waals surface area contributed by atoms with Crippen LogP contribution in [0.15, 0.2) is 63.6 Å². The summed E-state index contributed by atoms with van der Waals surface area (Å²) in [5.41, 5.74) is 3.00. The molecule has 0 radical (unpaired) electrons. The van der Waals surface area contributed by atoms with Crippen LogP contribution in [0.1, 0.15) is 5.56 Å². The van der Waals surface area contributed by atoms with E-state index in [4.69, 9.17) is 4.74 Å². The average molecular weight is 308 g/mol. The van der Waals surface area contributed by atoms with Crippen molar-refractivity contribution >= 4 is 11.4 Å². The lowest BCUT2D eigenvalue weighted by Gasteiger charge is -2.03. The first-order valence-electron chi connectivity index (χ1n) is 7.11. The molecule has 23 heavy (non-hydrogen) atoms. The molecule has 3 rings (SSSR count). The predicted octanol–water partition coefficient (Wildman–Crippen LogP) is 4.10. The molecule has 116 valence electrons. The molecular formula is C17H16N4O2. The lowest BCUT2D eigenvalue weighted by molar-refractivity contribution is 0.415. The van der Waals surface area contributed by atoms with Crippen molar-refractivity contribution in [2.75, 3.05) is 7.11 Å². The van der Waals surface area contributed by atoms with Gasteiger partial charge in [-0.15, -0.1) is 5.11 Å². The molecule has 2 aromatic carbocycles. The van der Waals surface area contributed by atoms with E-state index in [0.717, 1.165) is 16.8 Å². The molecule has 0 bridgehead atoms. The monoisotopic (exact) mass is 308 g/mol. The quantitative estimate of drug-likeness (QED) is 0.711. The molecule has 2 N–H and O–H groups in total. The number of ether oxygens (including phenoxy) is 1. The maximum absolute atomic E-state index is 12.0. The van der Waals surface area contributed by atoms with Gasteiger partial charge in [-0.05, 0) is 30.7 Å². The molecule has 0 fully saturated rings. The molecule has 0 amide bonds. The van der Waals surface area contributed by atoms with Crippen molar-refractivity contribution < 1.29 is 4.74 Å². The minimum absolute atomic E-state index is 0.238. The number of methoxy groups -OCH3 is 1. The van der Waals surface area contributed by atoms with Gasteiger partial charge in [0.05, 0.1) is 18.5 Å². The van der Waals surface area contributed by atoms with Gasteiger partial charge < -0.3 is 4.74 Å². The molecule has 0 aliphatic carbocycles. The van der Waals surface area contributed by atoms with Crippen LogP contribution in [-0.2, 0) is 0 Å². The number of hydrogen-bond donors (Lipinski definition) is 2. The van der Waals surface area contributed by atoms with Gasteiger partial charge in [-0.1, -0.05) is 30.3 Å². The van der Waals surface area contributed by atoms with E-state index < -0.39 is 0 Å². The zero-order valence-corrected chi connectivity index (χ0v) is 12.8. The molecule has 0 aliphatic heterocycles. The van der Waals surface area contributed by atoms with Crippen LogP contribution in [0.2, 0.25) is 0 Å². The van der Waals surface area contributed by atoms with Crippen LogP contribution in [-0.4, -0.2) is 17.3 Å². The second-order valence-electron chi connectivity index (χ2n) is 5.02. The van der Waals surface area contributed by atoms with Crippen molar-refractivity contribution in [3.05, 3.63) is 64.4 Å². The van der Waals surface area contributed by atoms with Crippen LogP contribution in [0.25, 0.3) is 11.3 Å². The van der Waals surface area contributed by atoms with E-state index in [1.807, 2.05) is 55.5 Å². The largest absolute Gasteiger partial charge is 0.497 e. The van der Waals surface area contributed by atoms with E-state index in [9.17, 15) is 4.79 Å². The number of benzene rings is 2. The maximum atomic E-state index is 12.0. The summed E-state index contributed by atoms with van der Waals surface area (Å²) in [5.74, 6) is 0.700. The third-order valence-electron chi connectivity index (χ3n) is 3.48. The highest BCUT2D eigenvalue weighted by atomic mass is 16.5. The van der Waals surface area contributed by atoms with E-state index in [-0.39, 0.29) is 11.2 Å². The Kier molecular flexibility index (Phi) is 4.05. The number of nitrogens with one attached hydrogen (secondary N) is 2. The Bertz CT molecular complexity index is 909. The Morgan fingerprint density at radius 2 is 1.83 bits per heavy atom. The standard InChI is InChI=1S/C17H16N4O2/c1-11-6-3-4-9-14(11)18-20-16-15(19-21-17(16)22)12-7-5-8-13(10-12)23-2/h3-10H,1-2H3,(H2,19,21,22). The molecule has 0 unspecified atom stereocenters. The highest BCUT2D eigenvalue weighted by molar-refractivity contribution is 5.72. The fraction of sp³-hybridized carbons (Fsp3) is 0.118. The van der Waals surface area contributed by atoms with Crippen LogP contribution in [0.3, 0.4) is 0 Å². The van der Waals surface area contributed by atoms with Gasteiger partial charge in [-0.2, -0.15) is 5.11 Å². The molecule has 0 aliphatic rings. The normalized spacial score (nSPS) is 11.0. The zero-order chi connectivity index (χ0) is 16.2. The van der Waals surface area contributed by atoms with Gasteiger partial charge in [0.15, 0.2) is 5.69 Å². The second kappa shape index (κ2) is 6.31. The first-order chi connectivity index (χ1) is 11.2. The van der Waals surface area contributed by atoms with Crippen LogP contribution in [0, 0.1) is 6.92 Å². The summed E-state index contributed by atoms with van der Waals surface area (Å²) < 4.78 is 5.21. The van der Waals surface area contributed by atoms with E-state index in [1.165, 1.54) is 0 Å². The molecule has 0 atom stereocenters. The summed E-state index contributed by atoms with van der Waals surface area (Å²) in [6.45, 7) is 1.94. The zero-order valence-electron chi connectivity index (χ0n) is 12.8. The summed E-state index contributed by atoms with van der Waals surface area (Å²) >= 11 is 0. The van der Waals surface area contributed by atoms with Crippen molar-refractivity contribution in [3.63, 3.8) is 0 Å². The van der Waals surface area contributed by atoms with Crippen LogP contribution >= 0.6 is 0 Å². The molecule has 6 nitrogen and oxygen atoms in total. The predicted molar refractivity (Wildman–Crippen MR) is 88.8 cm³/mol. The first-order valence-corrected chi connectivity index (χ1v) is 7.11. The minimum Gasteiger partial charge on any atom is -0.497 e. The third kappa shape index (κ3) is 3.06. The van der Waals surface area contributed by atoms with Crippen molar-refractivity contribution in [3.8, 4) is 17.0 Å². The van der Waals surface area contributed by atoms with Crippen molar-refractivity contribution in [1.82, 2.24) is 10.2 Å².